The van der Waals surface area contributed by atoms with Crippen LogP contribution in [0, 0.1) is 6.92 Å². The first-order valence-electron chi connectivity index (χ1n) is 11.7. The fourth-order valence-corrected chi connectivity index (χ4v) is 4.35. The first-order chi connectivity index (χ1) is 16.5. The number of urea groups is 1. The Balaban J connectivity index is 1.75. The Labute approximate surface area is 202 Å². The lowest BCUT2D eigenvalue weighted by atomic mass is 10.0. The molecule has 3 aromatic rings. The molecule has 0 atom stereocenters. The van der Waals surface area contributed by atoms with Crippen LogP contribution < -0.4 is 4.90 Å². The van der Waals surface area contributed by atoms with Crippen molar-refractivity contribution >= 4 is 11.8 Å². The molecule has 1 aliphatic rings. The van der Waals surface area contributed by atoms with E-state index >= 15 is 0 Å². The van der Waals surface area contributed by atoms with Crippen LogP contribution in [0.1, 0.15) is 22.4 Å². The minimum Gasteiger partial charge on any atom is -0.378 e. The Morgan fingerprint density at radius 3 is 2.38 bits per heavy atom. The molecule has 0 saturated carbocycles. The molecule has 0 spiro atoms. The van der Waals surface area contributed by atoms with Crippen LogP contribution in [0.2, 0.25) is 0 Å². The topological polar surface area (TPSA) is 61.8 Å². The summed E-state index contributed by atoms with van der Waals surface area (Å²) in [5, 5.41) is 0. The molecule has 0 bridgehead atoms. The molecule has 2 heterocycles. The molecular formula is C27H33N5O2. The van der Waals surface area contributed by atoms with Crippen LogP contribution in [0.3, 0.4) is 0 Å². The van der Waals surface area contributed by atoms with E-state index in [0.29, 0.717) is 25.5 Å². The molecule has 1 fully saturated rings. The van der Waals surface area contributed by atoms with E-state index in [1.54, 1.807) is 26.1 Å². The highest BCUT2D eigenvalue weighted by molar-refractivity contribution is 5.74. The maximum Gasteiger partial charge on any atom is 0.319 e. The summed E-state index contributed by atoms with van der Waals surface area (Å²) in [6.07, 6.45) is 0.724. The van der Waals surface area contributed by atoms with Crippen LogP contribution in [-0.4, -0.2) is 73.2 Å². The second kappa shape index (κ2) is 10.7. The van der Waals surface area contributed by atoms with Crippen molar-refractivity contribution in [2.75, 3.05) is 52.3 Å². The second-order valence-electron chi connectivity index (χ2n) is 8.91. The van der Waals surface area contributed by atoms with E-state index in [9.17, 15) is 4.79 Å². The number of anilines is 1. The average Bonchev–Trinajstić information content (AvgIpc) is 2.85. The van der Waals surface area contributed by atoms with Gasteiger partial charge in [0.05, 0.1) is 12.3 Å². The maximum atomic E-state index is 12.5. The molecule has 178 valence electrons. The van der Waals surface area contributed by atoms with Crippen LogP contribution in [0.4, 0.5) is 10.6 Å². The molecule has 1 saturated heterocycles. The first kappa shape index (κ1) is 23.7. The zero-order valence-electron chi connectivity index (χ0n) is 20.5. The van der Waals surface area contributed by atoms with Gasteiger partial charge in [0.1, 0.15) is 5.82 Å². The molecule has 0 N–H and O–H groups in total. The van der Waals surface area contributed by atoms with E-state index < -0.39 is 0 Å². The van der Waals surface area contributed by atoms with Gasteiger partial charge in [-0.15, -0.1) is 0 Å². The minimum absolute atomic E-state index is 0.0485. The van der Waals surface area contributed by atoms with Crippen molar-refractivity contribution in [1.82, 2.24) is 19.8 Å². The van der Waals surface area contributed by atoms with Crippen molar-refractivity contribution in [3.8, 4) is 11.4 Å². The summed E-state index contributed by atoms with van der Waals surface area (Å²) in [5.74, 6) is 1.63. The largest absolute Gasteiger partial charge is 0.378 e. The Bertz CT molecular complexity index is 1130. The predicted octanol–water partition coefficient (Wildman–Crippen LogP) is 3.99. The van der Waals surface area contributed by atoms with E-state index in [2.05, 4.69) is 36.1 Å². The molecule has 2 amide bonds. The number of amides is 2. The number of rotatable bonds is 6. The molecular weight excluding hydrogens is 426 g/mol. The number of piperazine rings is 1. The van der Waals surface area contributed by atoms with Crippen molar-refractivity contribution in [1.29, 1.82) is 0 Å². The summed E-state index contributed by atoms with van der Waals surface area (Å²) in [6, 6.07) is 18.7. The van der Waals surface area contributed by atoms with Gasteiger partial charge in [0.15, 0.2) is 5.82 Å². The molecule has 0 unspecified atom stereocenters. The van der Waals surface area contributed by atoms with E-state index in [1.807, 2.05) is 35.2 Å². The summed E-state index contributed by atoms with van der Waals surface area (Å²) >= 11 is 0. The van der Waals surface area contributed by atoms with Gasteiger partial charge in [0.2, 0.25) is 0 Å². The van der Waals surface area contributed by atoms with Crippen LogP contribution >= 0.6 is 0 Å². The average molecular weight is 460 g/mol. The van der Waals surface area contributed by atoms with E-state index in [1.165, 1.54) is 11.1 Å². The summed E-state index contributed by atoms with van der Waals surface area (Å²) < 4.78 is 5.57. The number of hydrogen-bond donors (Lipinski definition) is 0. The van der Waals surface area contributed by atoms with E-state index in [0.717, 1.165) is 42.1 Å². The number of ether oxygens (including phenoxy) is 1. The zero-order valence-corrected chi connectivity index (χ0v) is 20.5. The SMILES string of the molecule is COCc1nc(-c2ccccc2)nc(N2CCN(C(=O)N(C)C)CC2)c1Cc1cccc(C)c1. The summed E-state index contributed by atoms with van der Waals surface area (Å²) in [6.45, 7) is 5.28. The molecule has 7 nitrogen and oxygen atoms in total. The Hall–Kier alpha value is -3.45. The molecule has 7 heteroatoms. The maximum absolute atomic E-state index is 12.5. The highest BCUT2D eigenvalue weighted by atomic mass is 16.5. The Morgan fingerprint density at radius 1 is 1.00 bits per heavy atom. The van der Waals surface area contributed by atoms with E-state index in [4.69, 9.17) is 14.7 Å². The van der Waals surface area contributed by atoms with Gasteiger partial charge in [-0.2, -0.15) is 0 Å². The highest BCUT2D eigenvalue weighted by Crippen LogP contribution is 2.29. The van der Waals surface area contributed by atoms with E-state index in [-0.39, 0.29) is 6.03 Å². The Morgan fingerprint density at radius 2 is 1.74 bits per heavy atom. The fourth-order valence-electron chi connectivity index (χ4n) is 4.35. The van der Waals surface area contributed by atoms with Crippen molar-refractivity contribution < 1.29 is 9.53 Å². The smallest absolute Gasteiger partial charge is 0.319 e. The standard InChI is InChI=1S/C27H33N5O2/c1-20-9-8-10-21(17-20)18-23-24(19-34-4)28-25(22-11-6-5-7-12-22)29-26(23)31-13-15-32(16-14-31)27(33)30(2)3/h5-12,17H,13-16,18-19H2,1-4H3. The van der Waals surface area contributed by atoms with Gasteiger partial charge >= 0.3 is 6.03 Å². The molecule has 1 aromatic heterocycles. The third-order valence-electron chi connectivity index (χ3n) is 6.08. The van der Waals surface area contributed by atoms with Gasteiger partial charge in [-0.3, -0.25) is 0 Å². The molecule has 0 radical (unpaired) electrons. The Kier molecular flexibility index (Phi) is 7.43. The number of hydrogen-bond acceptors (Lipinski definition) is 5. The van der Waals surface area contributed by atoms with Crippen LogP contribution in [0.25, 0.3) is 11.4 Å². The van der Waals surface area contributed by atoms with Gasteiger partial charge in [-0.05, 0) is 12.5 Å². The van der Waals surface area contributed by atoms with Crippen molar-refractivity contribution in [3.05, 3.63) is 77.0 Å². The number of aryl methyl sites for hydroxylation is 1. The number of aromatic nitrogens is 2. The molecule has 2 aromatic carbocycles. The zero-order chi connectivity index (χ0) is 24.1. The highest BCUT2D eigenvalue weighted by Gasteiger charge is 2.26. The van der Waals surface area contributed by atoms with Crippen molar-refractivity contribution in [2.24, 2.45) is 0 Å². The molecule has 34 heavy (non-hydrogen) atoms. The summed E-state index contributed by atoms with van der Waals surface area (Å²) in [4.78, 5) is 28.3. The van der Waals surface area contributed by atoms with Gasteiger partial charge in [-0.1, -0.05) is 60.2 Å². The fraction of sp³-hybridized carbons (Fsp3) is 0.370. The van der Waals surface area contributed by atoms with Gasteiger partial charge in [0.25, 0.3) is 0 Å². The van der Waals surface area contributed by atoms with Gasteiger partial charge < -0.3 is 19.4 Å². The number of methoxy groups -OCH3 is 1. The lowest BCUT2D eigenvalue weighted by Crippen LogP contribution is -2.52. The third-order valence-corrected chi connectivity index (χ3v) is 6.08. The third kappa shape index (κ3) is 5.37. The number of carbonyl (C=O) groups excluding carboxylic acids is 1. The van der Waals surface area contributed by atoms with Crippen LogP contribution in [0.15, 0.2) is 54.6 Å². The van der Waals surface area contributed by atoms with Crippen LogP contribution in [-0.2, 0) is 17.8 Å². The summed E-state index contributed by atoms with van der Waals surface area (Å²) in [5.41, 5.74) is 5.41. The predicted molar refractivity (Wildman–Crippen MR) is 135 cm³/mol. The lowest BCUT2D eigenvalue weighted by molar-refractivity contribution is 0.167. The number of carbonyl (C=O) groups is 1. The van der Waals surface area contributed by atoms with Crippen molar-refractivity contribution in [2.45, 2.75) is 20.0 Å². The normalized spacial score (nSPS) is 13.8. The number of nitrogens with zero attached hydrogens (tertiary/aromatic N) is 5. The first-order valence-corrected chi connectivity index (χ1v) is 11.7. The minimum atomic E-state index is 0.0485. The van der Waals surface area contributed by atoms with Crippen molar-refractivity contribution in [3.63, 3.8) is 0 Å². The molecule has 1 aliphatic heterocycles. The number of benzene rings is 2. The van der Waals surface area contributed by atoms with Crippen LogP contribution in [0.5, 0.6) is 0 Å². The molecule has 0 aliphatic carbocycles. The monoisotopic (exact) mass is 459 g/mol. The lowest BCUT2D eigenvalue weighted by Gasteiger charge is -2.37. The van der Waals surface area contributed by atoms with Gasteiger partial charge in [-0.25, -0.2) is 14.8 Å². The quantitative estimate of drug-likeness (QED) is 0.558. The van der Waals surface area contributed by atoms with Gasteiger partial charge in [0, 0.05) is 64.9 Å². The summed E-state index contributed by atoms with van der Waals surface area (Å²) in [7, 11) is 5.29. The molecule has 4 rings (SSSR count). The second-order valence-corrected chi connectivity index (χ2v) is 8.91.